The van der Waals surface area contributed by atoms with Gasteiger partial charge >= 0.3 is 0 Å². The SMILES string of the molecule is Cl.O=c1c(-n2ccnn2)c[nH]n1-c1ccc(Br)cn1. The smallest absolute Gasteiger partial charge is 0.295 e. The van der Waals surface area contributed by atoms with E-state index in [4.69, 9.17) is 0 Å². The first-order valence-corrected chi connectivity index (χ1v) is 5.84. The van der Waals surface area contributed by atoms with Crippen molar-refractivity contribution in [1.82, 2.24) is 29.8 Å². The molecule has 0 radical (unpaired) electrons. The zero-order valence-electron chi connectivity index (χ0n) is 9.39. The van der Waals surface area contributed by atoms with Crippen LogP contribution in [-0.4, -0.2) is 29.8 Å². The predicted octanol–water partition coefficient (Wildman–Crippen LogP) is 1.33. The Morgan fingerprint density at radius 2 is 2.16 bits per heavy atom. The van der Waals surface area contributed by atoms with Gasteiger partial charge in [-0.3, -0.25) is 9.89 Å². The number of pyridine rings is 1. The standard InChI is InChI=1S/C10H7BrN6O.ClH/c11-7-1-2-9(12-5-7)17-10(18)8(6-14-17)16-4-3-13-15-16;/h1-6,14H;1H. The van der Waals surface area contributed by atoms with E-state index in [-0.39, 0.29) is 18.0 Å². The van der Waals surface area contributed by atoms with Crippen molar-refractivity contribution in [3.8, 4) is 11.5 Å². The average molecular weight is 344 g/mol. The maximum Gasteiger partial charge on any atom is 0.298 e. The Kier molecular flexibility index (Phi) is 3.82. The molecular weight excluding hydrogens is 336 g/mol. The Bertz CT molecular complexity index is 717. The maximum atomic E-state index is 12.1. The fourth-order valence-electron chi connectivity index (χ4n) is 1.53. The van der Waals surface area contributed by atoms with E-state index in [1.54, 1.807) is 24.7 Å². The Morgan fingerprint density at radius 3 is 2.79 bits per heavy atom. The summed E-state index contributed by atoms with van der Waals surface area (Å²) in [4.78, 5) is 16.3. The van der Waals surface area contributed by atoms with Crippen molar-refractivity contribution >= 4 is 28.3 Å². The summed E-state index contributed by atoms with van der Waals surface area (Å²) in [5, 5.41) is 10.3. The van der Waals surface area contributed by atoms with Crippen LogP contribution in [0.5, 0.6) is 0 Å². The summed E-state index contributed by atoms with van der Waals surface area (Å²) in [7, 11) is 0. The van der Waals surface area contributed by atoms with E-state index in [1.165, 1.54) is 15.6 Å². The van der Waals surface area contributed by atoms with E-state index in [0.29, 0.717) is 11.5 Å². The third-order valence-electron chi connectivity index (χ3n) is 2.36. The Morgan fingerprint density at radius 1 is 1.32 bits per heavy atom. The molecule has 0 amide bonds. The summed E-state index contributed by atoms with van der Waals surface area (Å²) in [5.41, 5.74) is 0.146. The summed E-state index contributed by atoms with van der Waals surface area (Å²) >= 11 is 3.29. The molecule has 7 nitrogen and oxygen atoms in total. The second-order valence-electron chi connectivity index (χ2n) is 3.48. The maximum absolute atomic E-state index is 12.1. The second-order valence-corrected chi connectivity index (χ2v) is 4.40. The van der Waals surface area contributed by atoms with Crippen molar-refractivity contribution in [1.29, 1.82) is 0 Å². The summed E-state index contributed by atoms with van der Waals surface area (Å²) < 4.78 is 3.58. The highest BCUT2D eigenvalue weighted by atomic mass is 79.9. The third-order valence-corrected chi connectivity index (χ3v) is 2.83. The van der Waals surface area contributed by atoms with Gasteiger partial charge in [0.25, 0.3) is 5.56 Å². The Hall–Kier alpha value is -1.93. The zero-order chi connectivity index (χ0) is 12.5. The van der Waals surface area contributed by atoms with Crippen LogP contribution in [0.4, 0.5) is 0 Å². The molecule has 9 heteroatoms. The molecule has 0 unspecified atom stereocenters. The van der Waals surface area contributed by atoms with Crippen molar-refractivity contribution in [2.75, 3.05) is 0 Å². The van der Waals surface area contributed by atoms with Gasteiger partial charge in [-0.05, 0) is 28.1 Å². The highest BCUT2D eigenvalue weighted by Gasteiger charge is 2.10. The highest BCUT2D eigenvalue weighted by molar-refractivity contribution is 9.10. The van der Waals surface area contributed by atoms with Gasteiger partial charge in [-0.1, -0.05) is 5.21 Å². The lowest BCUT2D eigenvalue weighted by atomic mass is 10.4. The van der Waals surface area contributed by atoms with Crippen LogP contribution in [0.1, 0.15) is 0 Å². The van der Waals surface area contributed by atoms with Crippen LogP contribution in [0.3, 0.4) is 0 Å². The van der Waals surface area contributed by atoms with Crippen molar-refractivity contribution < 1.29 is 0 Å². The molecular formula is C10H8BrClN6O. The zero-order valence-corrected chi connectivity index (χ0v) is 11.8. The molecule has 19 heavy (non-hydrogen) atoms. The van der Waals surface area contributed by atoms with Crippen LogP contribution in [0.15, 0.2) is 46.2 Å². The van der Waals surface area contributed by atoms with Crippen molar-refractivity contribution in [3.05, 3.63) is 51.7 Å². The van der Waals surface area contributed by atoms with Gasteiger partial charge in [-0.15, -0.1) is 17.5 Å². The molecule has 0 spiro atoms. The van der Waals surface area contributed by atoms with E-state index < -0.39 is 0 Å². The van der Waals surface area contributed by atoms with Crippen molar-refractivity contribution in [2.24, 2.45) is 0 Å². The van der Waals surface area contributed by atoms with Crippen LogP contribution >= 0.6 is 28.3 Å². The molecule has 0 fully saturated rings. The van der Waals surface area contributed by atoms with Crippen molar-refractivity contribution in [2.45, 2.75) is 0 Å². The summed E-state index contributed by atoms with van der Waals surface area (Å²) in [6.45, 7) is 0. The number of aromatic amines is 1. The van der Waals surface area contributed by atoms with E-state index in [9.17, 15) is 4.79 Å². The fourth-order valence-corrected chi connectivity index (χ4v) is 1.77. The van der Waals surface area contributed by atoms with Gasteiger partial charge in [0.05, 0.1) is 18.6 Å². The molecule has 3 aromatic rings. The van der Waals surface area contributed by atoms with Crippen molar-refractivity contribution in [3.63, 3.8) is 0 Å². The third kappa shape index (κ3) is 2.45. The summed E-state index contributed by atoms with van der Waals surface area (Å²) in [6, 6.07) is 3.54. The number of rotatable bonds is 2. The Labute approximate surface area is 121 Å². The predicted molar refractivity (Wildman–Crippen MR) is 74.0 cm³/mol. The molecule has 3 rings (SSSR count). The molecule has 1 N–H and O–H groups in total. The lowest BCUT2D eigenvalue weighted by molar-refractivity contribution is 0.786. The van der Waals surface area contributed by atoms with Gasteiger partial charge < -0.3 is 0 Å². The first-order valence-electron chi connectivity index (χ1n) is 5.05. The number of hydrogen-bond acceptors (Lipinski definition) is 4. The minimum Gasteiger partial charge on any atom is -0.295 e. The average Bonchev–Trinajstić information content (AvgIpc) is 2.99. The van der Waals surface area contributed by atoms with Crippen LogP contribution in [0.2, 0.25) is 0 Å². The van der Waals surface area contributed by atoms with Crippen LogP contribution in [-0.2, 0) is 0 Å². The van der Waals surface area contributed by atoms with Crippen LogP contribution in [0.25, 0.3) is 11.5 Å². The van der Waals surface area contributed by atoms with Crippen LogP contribution in [0, 0.1) is 0 Å². The molecule has 0 aliphatic carbocycles. The number of nitrogens with one attached hydrogen (secondary N) is 1. The molecule has 0 bridgehead atoms. The number of nitrogens with zero attached hydrogens (tertiary/aromatic N) is 5. The Balaban J connectivity index is 0.00000133. The number of halogens is 2. The van der Waals surface area contributed by atoms with Gasteiger partial charge in [0.1, 0.15) is 0 Å². The van der Waals surface area contributed by atoms with E-state index in [0.717, 1.165) is 4.47 Å². The van der Waals surface area contributed by atoms with Gasteiger partial charge in [0, 0.05) is 10.7 Å². The molecule has 0 aromatic carbocycles. The lowest BCUT2D eigenvalue weighted by Gasteiger charge is -1.99. The summed E-state index contributed by atoms with van der Waals surface area (Å²) in [6.07, 6.45) is 6.29. The van der Waals surface area contributed by atoms with Gasteiger partial charge in [-0.25, -0.2) is 9.67 Å². The first-order chi connectivity index (χ1) is 8.75. The van der Waals surface area contributed by atoms with Crippen LogP contribution < -0.4 is 5.56 Å². The number of aromatic nitrogens is 6. The van der Waals surface area contributed by atoms with E-state index >= 15 is 0 Å². The quantitative estimate of drug-likeness (QED) is 0.761. The minimum absolute atomic E-state index is 0. The minimum atomic E-state index is -0.240. The molecule has 3 heterocycles. The largest absolute Gasteiger partial charge is 0.298 e. The summed E-state index contributed by atoms with van der Waals surface area (Å²) in [5.74, 6) is 0.509. The highest BCUT2D eigenvalue weighted by Crippen LogP contribution is 2.09. The molecule has 0 aliphatic heterocycles. The molecule has 0 saturated carbocycles. The molecule has 0 saturated heterocycles. The normalized spacial score (nSPS) is 10.2. The monoisotopic (exact) mass is 342 g/mol. The van der Waals surface area contributed by atoms with E-state index in [2.05, 4.69) is 36.3 Å². The van der Waals surface area contributed by atoms with Gasteiger partial charge in [-0.2, -0.15) is 4.68 Å². The lowest BCUT2D eigenvalue weighted by Crippen LogP contribution is -2.19. The van der Waals surface area contributed by atoms with E-state index in [1.807, 2.05) is 6.07 Å². The van der Waals surface area contributed by atoms with Gasteiger partial charge in [0.2, 0.25) is 0 Å². The topological polar surface area (TPSA) is 81.4 Å². The fraction of sp³-hybridized carbons (Fsp3) is 0. The molecule has 3 aromatic heterocycles. The second kappa shape index (κ2) is 5.37. The number of H-pyrrole nitrogens is 1. The number of hydrogen-bond donors (Lipinski definition) is 1. The molecule has 0 atom stereocenters. The first kappa shape index (κ1) is 13.5. The molecule has 98 valence electrons. The molecule has 0 aliphatic rings. The van der Waals surface area contributed by atoms with Gasteiger partial charge in [0.15, 0.2) is 11.5 Å².